The Morgan fingerprint density at radius 3 is 2.33 bits per heavy atom. The second-order valence-electron chi connectivity index (χ2n) is 3.94. The minimum Gasteiger partial charge on any atom is -0.306 e. The van der Waals surface area contributed by atoms with Crippen molar-refractivity contribution in [3.63, 3.8) is 0 Å². The maximum atomic E-state index is 4.19. The van der Waals surface area contributed by atoms with E-state index < -0.39 is 0 Å². The van der Waals surface area contributed by atoms with Crippen molar-refractivity contribution in [1.82, 2.24) is 4.90 Å². The van der Waals surface area contributed by atoms with Crippen molar-refractivity contribution in [3.8, 4) is 0 Å². The molecule has 1 nitrogen and oxygen atoms in total. The van der Waals surface area contributed by atoms with E-state index in [1.165, 1.54) is 32.4 Å². The van der Waals surface area contributed by atoms with E-state index >= 15 is 0 Å². The molecule has 0 atom stereocenters. The van der Waals surface area contributed by atoms with E-state index in [0.29, 0.717) is 0 Å². The number of hydrogen-bond donors (Lipinski definition) is 1. The molecule has 0 aliphatic rings. The Labute approximate surface area is 82.9 Å². The highest BCUT2D eigenvalue weighted by Crippen LogP contribution is 2.01. The summed E-state index contributed by atoms with van der Waals surface area (Å²) in [6, 6.07) is 0. The van der Waals surface area contributed by atoms with Crippen molar-refractivity contribution < 1.29 is 0 Å². The second kappa shape index (κ2) is 7.93. The van der Waals surface area contributed by atoms with Crippen LogP contribution in [0.4, 0.5) is 0 Å². The summed E-state index contributed by atoms with van der Waals surface area (Å²) in [6.45, 7) is 7.00. The van der Waals surface area contributed by atoms with Gasteiger partial charge in [0.25, 0.3) is 0 Å². The summed E-state index contributed by atoms with van der Waals surface area (Å²) in [6.07, 6.45) is 3.91. The summed E-state index contributed by atoms with van der Waals surface area (Å²) >= 11 is 4.19. The number of unbranched alkanes of at least 4 members (excludes halogenated alkanes) is 2. The molecule has 2 heteroatoms. The van der Waals surface area contributed by atoms with Gasteiger partial charge in [0, 0.05) is 6.54 Å². The average Bonchev–Trinajstić information content (AvgIpc) is 1.97. The Balaban J connectivity index is 3.14. The number of hydrogen-bond acceptors (Lipinski definition) is 2. The van der Waals surface area contributed by atoms with E-state index in [4.69, 9.17) is 0 Å². The monoisotopic (exact) mass is 189 g/mol. The molecule has 0 fully saturated rings. The van der Waals surface area contributed by atoms with Crippen LogP contribution < -0.4 is 0 Å². The van der Waals surface area contributed by atoms with Gasteiger partial charge in [0.05, 0.1) is 0 Å². The summed E-state index contributed by atoms with van der Waals surface area (Å²) in [5.74, 6) is 1.83. The SMILES string of the molecule is CC(C)CN(C)CCCCCS. The van der Waals surface area contributed by atoms with Crippen LogP contribution in [-0.2, 0) is 0 Å². The standard InChI is InChI=1S/C10H23NS/c1-10(2)9-11(3)7-5-4-6-8-12/h10,12H,4-9H2,1-3H3. The van der Waals surface area contributed by atoms with Crippen molar-refractivity contribution in [1.29, 1.82) is 0 Å². The van der Waals surface area contributed by atoms with Gasteiger partial charge in [-0.1, -0.05) is 20.3 Å². The molecule has 0 aromatic heterocycles. The van der Waals surface area contributed by atoms with Gasteiger partial charge in [-0.15, -0.1) is 0 Å². The maximum Gasteiger partial charge on any atom is 0.000133 e. The Morgan fingerprint density at radius 1 is 1.17 bits per heavy atom. The molecule has 0 spiro atoms. The quantitative estimate of drug-likeness (QED) is 0.476. The fourth-order valence-electron chi connectivity index (χ4n) is 1.38. The molecule has 0 heterocycles. The van der Waals surface area contributed by atoms with E-state index in [2.05, 4.69) is 38.4 Å². The lowest BCUT2D eigenvalue weighted by molar-refractivity contribution is 0.289. The third kappa shape index (κ3) is 8.41. The molecule has 0 rings (SSSR count). The van der Waals surface area contributed by atoms with Crippen molar-refractivity contribution in [2.75, 3.05) is 25.9 Å². The molecule has 0 aromatic carbocycles. The molecular weight excluding hydrogens is 166 g/mol. The topological polar surface area (TPSA) is 3.24 Å². The zero-order chi connectivity index (χ0) is 9.40. The van der Waals surface area contributed by atoms with Crippen molar-refractivity contribution in [2.45, 2.75) is 33.1 Å². The molecule has 0 aliphatic carbocycles. The van der Waals surface area contributed by atoms with Gasteiger partial charge in [0.1, 0.15) is 0 Å². The summed E-state index contributed by atoms with van der Waals surface area (Å²) in [5, 5.41) is 0. The first-order chi connectivity index (χ1) is 5.66. The van der Waals surface area contributed by atoms with Crippen LogP contribution in [0.15, 0.2) is 0 Å². The fraction of sp³-hybridized carbons (Fsp3) is 1.00. The van der Waals surface area contributed by atoms with E-state index in [0.717, 1.165) is 11.7 Å². The van der Waals surface area contributed by atoms with E-state index in [1.54, 1.807) is 0 Å². The number of rotatable bonds is 7. The lowest BCUT2D eigenvalue weighted by Crippen LogP contribution is -2.24. The molecule has 0 amide bonds. The van der Waals surface area contributed by atoms with Gasteiger partial charge in [-0.25, -0.2) is 0 Å². The van der Waals surface area contributed by atoms with Gasteiger partial charge >= 0.3 is 0 Å². The first-order valence-corrected chi connectivity index (χ1v) is 5.59. The first kappa shape index (κ1) is 12.3. The molecule has 0 radical (unpaired) electrons. The fourth-order valence-corrected chi connectivity index (χ4v) is 1.61. The van der Waals surface area contributed by atoms with Gasteiger partial charge < -0.3 is 4.90 Å². The highest BCUT2D eigenvalue weighted by Gasteiger charge is 2.00. The zero-order valence-corrected chi connectivity index (χ0v) is 9.61. The maximum absolute atomic E-state index is 4.19. The molecule has 0 aliphatic heterocycles. The molecule has 12 heavy (non-hydrogen) atoms. The summed E-state index contributed by atoms with van der Waals surface area (Å²) in [7, 11) is 2.21. The zero-order valence-electron chi connectivity index (χ0n) is 8.71. The average molecular weight is 189 g/mol. The molecule has 0 bridgehead atoms. The number of thiol groups is 1. The normalized spacial score (nSPS) is 11.5. The van der Waals surface area contributed by atoms with Crippen LogP contribution in [0.3, 0.4) is 0 Å². The van der Waals surface area contributed by atoms with Gasteiger partial charge in [0.2, 0.25) is 0 Å². The van der Waals surface area contributed by atoms with Crippen LogP contribution in [0.1, 0.15) is 33.1 Å². The molecule has 0 N–H and O–H groups in total. The predicted octanol–water partition coefficient (Wildman–Crippen LogP) is 2.67. The molecule has 0 saturated carbocycles. The Hall–Kier alpha value is 0.310. The van der Waals surface area contributed by atoms with Crippen molar-refractivity contribution >= 4 is 12.6 Å². The van der Waals surface area contributed by atoms with Crippen LogP contribution in [0.5, 0.6) is 0 Å². The van der Waals surface area contributed by atoms with Crippen molar-refractivity contribution in [2.24, 2.45) is 5.92 Å². The molecule has 0 unspecified atom stereocenters. The van der Waals surface area contributed by atoms with Crippen LogP contribution >= 0.6 is 12.6 Å². The smallest absolute Gasteiger partial charge is 0.000133 e. The lowest BCUT2D eigenvalue weighted by atomic mass is 10.2. The second-order valence-corrected chi connectivity index (χ2v) is 4.39. The molecule has 74 valence electrons. The molecule has 0 aromatic rings. The molecule has 0 saturated heterocycles. The minimum atomic E-state index is 0.792. The van der Waals surface area contributed by atoms with Gasteiger partial charge in [-0.05, 0) is 38.1 Å². The minimum absolute atomic E-state index is 0.792. The lowest BCUT2D eigenvalue weighted by Gasteiger charge is -2.18. The van der Waals surface area contributed by atoms with Crippen molar-refractivity contribution in [3.05, 3.63) is 0 Å². The van der Waals surface area contributed by atoms with Gasteiger partial charge in [0.15, 0.2) is 0 Å². The largest absolute Gasteiger partial charge is 0.306 e. The van der Waals surface area contributed by atoms with Crippen LogP contribution in [0.2, 0.25) is 0 Å². The van der Waals surface area contributed by atoms with Crippen LogP contribution in [0.25, 0.3) is 0 Å². The Bertz CT molecular complexity index is 93.8. The Kier molecular flexibility index (Phi) is 8.14. The van der Waals surface area contributed by atoms with Crippen LogP contribution in [0, 0.1) is 5.92 Å². The summed E-state index contributed by atoms with van der Waals surface area (Å²) in [4.78, 5) is 2.42. The predicted molar refractivity (Wildman–Crippen MR) is 60.0 cm³/mol. The van der Waals surface area contributed by atoms with E-state index in [9.17, 15) is 0 Å². The summed E-state index contributed by atoms with van der Waals surface area (Å²) < 4.78 is 0. The molecular formula is C10H23NS. The third-order valence-corrected chi connectivity index (χ3v) is 2.19. The first-order valence-electron chi connectivity index (χ1n) is 4.96. The highest BCUT2D eigenvalue weighted by molar-refractivity contribution is 7.80. The highest BCUT2D eigenvalue weighted by atomic mass is 32.1. The van der Waals surface area contributed by atoms with E-state index in [1.807, 2.05) is 0 Å². The third-order valence-electron chi connectivity index (χ3n) is 1.87. The van der Waals surface area contributed by atoms with E-state index in [-0.39, 0.29) is 0 Å². The number of nitrogens with zero attached hydrogens (tertiary/aromatic N) is 1. The van der Waals surface area contributed by atoms with Gasteiger partial charge in [-0.2, -0.15) is 12.6 Å². The van der Waals surface area contributed by atoms with Crippen LogP contribution in [-0.4, -0.2) is 30.8 Å². The van der Waals surface area contributed by atoms with Gasteiger partial charge in [-0.3, -0.25) is 0 Å². The summed E-state index contributed by atoms with van der Waals surface area (Å²) in [5.41, 5.74) is 0. The Morgan fingerprint density at radius 2 is 1.83 bits per heavy atom.